The number of anilines is 1. The molecule has 6 nitrogen and oxygen atoms in total. The zero-order chi connectivity index (χ0) is 20.8. The van der Waals surface area contributed by atoms with Crippen LogP contribution in [0.1, 0.15) is 37.1 Å². The molecule has 2 aliphatic rings. The first-order chi connectivity index (χ1) is 14.5. The molecule has 0 atom stereocenters. The van der Waals surface area contributed by atoms with Crippen molar-refractivity contribution in [2.45, 2.75) is 45.6 Å². The molecule has 1 saturated heterocycles. The SMILES string of the molecule is Cc1cc(N2CCC(C(=O)NC3CC3)CC2)n2nc(C)c(-c3ccc(Cl)cc3)c2n1. The monoisotopic (exact) mass is 423 g/mol. The molecule has 2 fully saturated rings. The predicted molar refractivity (Wildman–Crippen MR) is 119 cm³/mol. The second-order valence-electron chi connectivity index (χ2n) is 8.50. The van der Waals surface area contributed by atoms with Crippen LogP contribution in [0.15, 0.2) is 30.3 Å². The first-order valence-electron chi connectivity index (χ1n) is 10.7. The maximum absolute atomic E-state index is 12.4. The Morgan fingerprint density at radius 3 is 2.47 bits per heavy atom. The summed E-state index contributed by atoms with van der Waals surface area (Å²) in [6, 6.07) is 10.3. The first-order valence-corrected chi connectivity index (χ1v) is 11.1. The van der Waals surface area contributed by atoms with Crippen molar-refractivity contribution in [2.75, 3.05) is 18.0 Å². The highest BCUT2D eigenvalue weighted by atomic mass is 35.5. The third kappa shape index (κ3) is 3.65. The zero-order valence-electron chi connectivity index (χ0n) is 17.4. The Morgan fingerprint density at radius 2 is 1.80 bits per heavy atom. The van der Waals surface area contributed by atoms with Gasteiger partial charge in [-0.1, -0.05) is 23.7 Å². The first kappa shape index (κ1) is 19.4. The van der Waals surface area contributed by atoms with E-state index in [4.69, 9.17) is 21.7 Å². The number of carbonyl (C=O) groups is 1. The molecule has 0 radical (unpaired) electrons. The van der Waals surface area contributed by atoms with Crippen LogP contribution in [0.3, 0.4) is 0 Å². The molecule has 156 valence electrons. The lowest BCUT2D eigenvalue weighted by Crippen LogP contribution is -2.41. The fourth-order valence-corrected chi connectivity index (χ4v) is 4.45. The maximum Gasteiger partial charge on any atom is 0.223 e. The van der Waals surface area contributed by atoms with Gasteiger partial charge in [-0.05, 0) is 57.2 Å². The molecule has 1 aromatic carbocycles. The second kappa shape index (κ2) is 7.58. The van der Waals surface area contributed by atoms with Gasteiger partial charge in [0.25, 0.3) is 0 Å². The second-order valence-corrected chi connectivity index (χ2v) is 8.94. The van der Waals surface area contributed by atoms with E-state index in [-0.39, 0.29) is 11.8 Å². The molecule has 7 heteroatoms. The van der Waals surface area contributed by atoms with E-state index in [1.165, 1.54) is 0 Å². The summed E-state index contributed by atoms with van der Waals surface area (Å²) in [6.07, 6.45) is 4.00. The Labute approximate surface area is 181 Å². The number of nitrogens with one attached hydrogen (secondary N) is 1. The van der Waals surface area contributed by atoms with Crippen molar-refractivity contribution in [3.63, 3.8) is 0 Å². The number of aromatic nitrogens is 3. The van der Waals surface area contributed by atoms with Crippen molar-refractivity contribution in [3.8, 4) is 11.1 Å². The molecule has 1 saturated carbocycles. The number of rotatable bonds is 4. The summed E-state index contributed by atoms with van der Waals surface area (Å²) in [7, 11) is 0. The van der Waals surface area contributed by atoms with Gasteiger partial charge < -0.3 is 10.2 Å². The lowest BCUT2D eigenvalue weighted by Gasteiger charge is -2.33. The Bertz CT molecular complexity index is 1090. The molecule has 0 spiro atoms. The molecular formula is C23H26ClN5O. The summed E-state index contributed by atoms with van der Waals surface area (Å²) < 4.78 is 1.96. The van der Waals surface area contributed by atoms with Crippen molar-refractivity contribution in [2.24, 2.45) is 5.92 Å². The Kier molecular flexibility index (Phi) is 4.89. The van der Waals surface area contributed by atoms with Crippen LogP contribution in [0.5, 0.6) is 0 Å². The van der Waals surface area contributed by atoms with Crippen molar-refractivity contribution in [1.82, 2.24) is 19.9 Å². The number of amides is 1. The molecule has 3 heterocycles. The number of hydrogen-bond acceptors (Lipinski definition) is 4. The summed E-state index contributed by atoms with van der Waals surface area (Å²) in [5.74, 6) is 1.39. The molecule has 0 unspecified atom stereocenters. The summed E-state index contributed by atoms with van der Waals surface area (Å²) in [5.41, 5.74) is 4.86. The summed E-state index contributed by atoms with van der Waals surface area (Å²) in [6.45, 7) is 5.73. The standard InChI is InChI=1S/C23H26ClN5O/c1-14-13-20(28-11-9-17(10-12-28)23(30)26-19-7-8-19)29-22(25-14)21(15(2)27-29)16-3-5-18(24)6-4-16/h3-6,13,17,19H,7-12H2,1-2H3,(H,26,30). The van der Waals surface area contributed by atoms with Gasteiger partial charge in [0.15, 0.2) is 5.65 Å². The number of aryl methyl sites for hydroxylation is 2. The van der Waals surface area contributed by atoms with Crippen LogP contribution in [0.25, 0.3) is 16.8 Å². The van der Waals surface area contributed by atoms with Gasteiger partial charge in [-0.3, -0.25) is 4.79 Å². The number of fused-ring (bicyclic) bond motifs is 1. The number of piperidine rings is 1. The number of hydrogen-bond donors (Lipinski definition) is 1. The average molecular weight is 424 g/mol. The zero-order valence-corrected chi connectivity index (χ0v) is 18.1. The van der Waals surface area contributed by atoms with Gasteiger partial charge in [0.2, 0.25) is 5.91 Å². The Morgan fingerprint density at radius 1 is 1.10 bits per heavy atom. The van der Waals surface area contributed by atoms with Gasteiger partial charge in [0.1, 0.15) is 5.82 Å². The third-order valence-corrected chi connectivity index (χ3v) is 6.37. The Balaban J connectivity index is 1.44. The fraction of sp³-hybridized carbons (Fsp3) is 0.435. The minimum Gasteiger partial charge on any atom is -0.356 e. The van der Waals surface area contributed by atoms with Crippen molar-refractivity contribution in [3.05, 3.63) is 46.7 Å². The highest BCUT2D eigenvalue weighted by Gasteiger charge is 2.31. The predicted octanol–water partition coefficient (Wildman–Crippen LogP) is 4.16. The van der Waals surface area contributed by atoms with E-state index in [2.05, 4.69) is 16.3 Å². The molecule has 1 aliphatic carbocycles. The molecule has 1 N–H and O–H groups in total. The smallest absolute Gasteiger partial charge is 0.223 e. The highest BCUT2D eigenvalue weighted by Crippen LogP contribution is 2.32. The van der Waals surface area contributed by atoms with Crippen molar-refractivity contribution < 1.29 is 4.79 Å². The fourth-order valence-electron chi connectivity index (χ4n) is 4.32. The van der Waals surface area contributed by atoms with Gasteiger partial charge in [0, 0.05) is 47.4 Å². The topological polar surface area (TPSA) is 62.5 Å². The van der Waals surface area contributed by atoms with Gasteiger partial charge >= 0.3 is 0 Å². The van der Waals surface area contributed by atoms with E-state index in [1.54, 1.807) is 0 Å². The van der Waals surface area contributed by atoms with Gasteiger partial charge in [-0.2, -0.15) is 9.61 Å². The number of halogens is 1. The summed E-state index contributed by atoms with van der Waals surface area (Å²) in [4.78, 5) is 19.6. The van der Waals surface area contributed by atoms with E-state index in [0.29, 0.717) is 11.1 Å². The molecule has 30 heavy (non-hydrogen) atoms. The van der Waals surface area contributed by atoms with Crippen molar-refractivity contribution >= 4 is 29.0 Å². The van der Waals surface area contributed by atoms with Crippen LogP contribution in [-0.4, -0.2) is 39.6 Å². The average Bonchev–Trinajstić information content (AvgIpc) is 3.49. The van der Waals surface area contributed by atoms with E-state index in [1.807, 2.05) is 42.6 Å². The molecular weight excluding hydrogens is 398 g/mol. The summed E-state index contributed by atoms with van der Waals surface area (Å²) >= 11 is 6.08. The quantitative estimate of drug-likeness (QED) is 0.684. The Hall–Kier alpha value is -2.60. The normalized spacial score (nSPS) is 17.5. The van der Waals surface area contributed by atoms with Crippen LogP contribution in [-0.2, 0) is 4.79 Å². The van der Waals surface area contributed by atoms with Gasteiger partial charge in [0.05, 0.1) is 5.69 Å². The van der Waals surface area contributed by atoms with E-state index >= 15 is 0 Å². The van der Waals surface area contributed by atoms with E-state index < -0.39 is 0 Å². The van der Waals surface area contributed by atoms with Crippen molar-refractivity contribution in [1.29, 1.82) is 0 Å². The number of carbonyl (C=O) groups excluding carboxylic acids is 1. The molecule has 0 bridgehead atoms. The molecule has 1 aliphatic heterocycles. The van der Waals surface area contributed by atoms with Crippen LogP contribution in [0.2, 0.25) is 5.02 Å². The molecule has 2 aromatic heterocycles. The van der Waals surface area contributed by atoms with Crippen LogP contribution < -0.4 is 10.2 Å². The lowest BCUT2D eigenvalue weighted by atomic mass is 9.96. The summed E-state index contributed by atoms with van der Waals surface area (Å²) in [5, 5.41) is 8.70. The number of nitrogens with zero attached hydrogens (tertiary/aromatic N) is 4. The molecule has 5 rings (SSSR count). The van der Waals surface area contributed by atoms with E-state index in [9.17, 15) is 4.79 Å². The minimum absolute atomic E-state index is 0.115. The maximum atomic E-state index is 12.4. The molecule has 1 amide bonds. The number of benzene rings is 1. The van der Waals surface area contributed by atoms with Gasteiger partial charge in [-0.25, -0.2) is 4.98 Å². The van der Waals surface area contributed by atoms with Crippen LogP contribution in [0.4, 0.5) is 5.82 Å². The molecule has 3 aromatic rings. The largest absolute Gasteiger partial charge is 0.356 e. The third-order valence-electron chi connectivity index (χ3n) is 6.12. The van der Waals surface area contributed by atoms with Crippen LogP contribution >= 0.6 is 11.6 Å². The highest BCUT2D eigenvalue weighted by molar-refractivity contribution is 6.30. The van der Waals surface area contributed by atoms with E-state index in [0.717, 1.165) is 72.8 Å². The van der Waals surface area contributed by atoms with Gasteiger partial charge in [-0.15, -0.1) is 0 Å². The van der Waals surface area contributed by atoms with Crippen LogP contribution in [0, 0.1) is 19.8 Å². The minimum atomic E-state index is 0.115. The lowest BCUT2D eigenvalue weighted by molar-refractivity contribution is -0.125.